The van der Waals surface area contributed by atoms with Crippen molar-refractivity contribution in [3.63, 3.8) is 0 Å². The summed E-state index contributed by atoms with van der Waals surface area (Å²) in [4.78, 5) is 22.0. The zero-order chi connectivity index (χ0) is 12.7. The van der Waals surface area contributed by atoms with Crippen LogP contribution in [0.1, 0.15) is 23.3 Å². The summed E-state index contributed by atoms with van der Waals surface area (Å²) in [7, 11) is 0. The fourth-order valence-electron chi connectivity index (χ4n) is 1.09. The van der Waals surface area contributed by atoms with E-state index in [1.807, 2.05) is 0 Å². The van der Waals surface area contributed by atoms with Gasteiger partial charge in [-0.1, -0.05) is 0 Å². The number of nitrogens with zero attached hydrogens (tertiary/aromatic N) is 2. The number of hydrogen-bond acceptors (Lipinski definition) is 6. The van der Waals surface area contributed by atoms with Crippen LogP contribution in [-0.4, -0.2) is 28.6 Å². The molecule has 1 aromatic rings. The second-order valence-corrected chi connectivity index (χ2v) is 3.27. The molecule has 0 atom stereocenters. The minimum Gasteiger partial charge on any atom is -0.370 e. The van der Waals surface area contributed by atoms with E-state index in [1.54, 1.807) is 0 Å². The largest absolute Gasteiger partial charge is 0.370 e. The third-order valence-corrected chi connectivity index (χ3v) is 1.93. The predicted octanol–water partition coefficient (Wildman–Crippen LogP) is -1.24. The van der Waals surface area contributed by atoms with Gasteiger partial charge in [-0.2, -0.15) is 0 Å². The molecule has 17 heavy (non-hydrogen) atoms. The molecule has 6 N–H and O–H groups in total. The molecule has 0 aliphatic carbocycles. The fourth-order valence-corrected chi connectivity index (χ4v) is 1.09. The number of carbonyl (C=O) groups excluding carboxylic acids is 2. The van der Waals surface area contributed by atoms with Gasteiger partial charge in [0.05, 0.1) is 0 Å². The van der Waals surface area contributed by atoms with Gasteiger partial charge in [0.15, 0.2) is 11.5 Å². The van der Waals surface area contributed by atoms with E-state index in [4.69, 9.17) is 11.6 Å². The van der Waals surface area contributed by atoms with Crippen LogP contribution in [0.3, 0.4) is 0 Å². The lowest BCUT2D eigenvalue weighted by Crippen LogP contribution is -2.26. The molecule has 0 radical (unpaired) electrons. The number of hydrogen-bond donors (Lipinski definition) is 4. The number of primary amides is 1. The molecule has 0 aliphatic heterocycles. The molecule has 0 aromatic carbocycles. The fraction of sp³-hybridized carbons (Fsp3) is 0.333. The van der Waals surface area contributed by atoms with Crippen molar-refractivity contribution in [2.45, 2.75) is 12.8 Å². The van der Waals surface area contributed by atoms with E-state index in [0.717, 1.165) is 0 Å². The lowest BCUT2D eigenvalue weighted by Gasteiger charge is -2.03. The summed E-state index contributed by atoms with van der Waals surface area (Å²) < 4.78 is 0. The van der Waals surface area contributed by atoms with Gasteiger partial charge in [0.2, 0.25) is 5.91 Å². The molecule has 0 bridgehead atoms. The molecule has 0 saturated heterocycles. The molecule has 1 rings (SSSR count). The number of carbonyl (C=O) groups is 2. The number of nitrogens with one attached hydrogen (secondary N) is 2. The van der Waals surface area contributed by atoms with Crippen molar-refractivity contribution in [1.29, 1.82) is 0 Å². The number of rotatable bonds is 6. The van der Waals surface area contributed by atoms with Gasteiger partial charge in [0.1, 0.15) is 0 Å². The molecule has 0 fully saturated rings. The van der Waals surface area contributed by atoms with Gasteiger partial charge in [0.25, 0.3) is 5.91 Å². The SMILES string of the molecule is NNc1ccc(C(=O)NCCCC(N)=O)nn1. The zero-order valence-corrected chi connectivity index (χ0v) is 9.14. The third kappa shape index (κ3) is 4.43. The number of aromatic nitrogens is 2. The molecule has 92 valence electrons. The Labute approximate surface area is 97.7 Å². The first-order chi connectivity index (χ1) is 8.13. The molecule has 8 heteroatoms. The molecule has 1 heterocycles. The first-order valence-electron chi connectivity index (χ1n) is 5.00. The summed E-state index contributed by atoms with van der Waals surface area (Å²) in [5.74, 6) is 4.73. The van der Waals surface area contributed by atoms with Gasteiger partial charge in [-0.3, -0.25) is 9.59 Å². The van der Waals surface area contributed by atoms with Crippen LogP contribution in [0, 0.1) is 0 Å². The van der Waals surface area contributed by atoms with Gasteiger partial charge in [-0.05, 0) is 18.6 Å². The van der Waals surface area contributed by atoms with Crippen molar-refractivity contribution in [2.75, 3.05) is 12.0 Å². The maximum Gasteiger partial charge on any atom is 0.271 e. The van der Waals surface area contributed by atoms with E-state index in [1.165, 1.54) is 12.1 Å². The van der Waals surface area contributed by atoms with Crippen LogP contribution in [0.4, 0.5) is 5.82 Å². The highest BCUT2D eigenvalue weighted by Gasteiger charge is 2.07. The first kappa shape index (κ1) is 12.8. The van der Waals surface area contributed by atoms with E-state index in [2.05, 4.69) is 20.9 Å². The minimum atomic E-state index is -0.391. The second kappa shape index (κ2) is 6.38. The van der Waals surface area contributed by atoms with Crippen LogP contribution in [0.2, 0.25) is 0 Å². The van der Waals surface area contributed by atoms with E-state index >= 15 is 0 Å². The predicted molar refractivity (Wildman–Crippen MR) is 60.6 cm³/mol. The molecular weight excluding hydrogens is 224 g/mol. The van der Waals surface area contributed by atoms with Crippen molar-refractivity contribution in [3.05, 3.63) is 17.8 Å². The topological polar surface area (TPSA) is 136 Å². The average molecular weight is 238 g/mol. The molecule has 0 saturated carbocycles. The second-order valence-electron chi connectivity index (χ2n) is 3.27. The van der Waals surface area contributed by atoms with Crippen LogP contribution in [0.5, 0.6) is 0 Å². The van der Waals surface area contributed by atoms with Crippen molar-refractivity contribution in [3.8, 4) is 0 Å². The maximum absolute atomic E-state index is 11.5. The monoisotopic (exact) mass is 238 g/mol. The number of anilines is 1. The first-order valence-corrected chi connectivity index (χ1v) is 5.00. The summed E-state index contributed by atoms with van der Waals surface area (Å²) in [5, 5.41) is 9.91. The van der Waals surface area contributed by atoms with Crippen LogP contribution in [0.15, 0.2) is 12.1 Å². The molecule has 0 aliphatic rings. The summed E-state index contributed by atoms with van der Waals surface area (Å²) in [6.07, 6.45) is 0.735. The minimum absolute atomic E-state index is 0.183. The van der Waals surface area contributed by atoms with Crippen LogP contribution in [0.25, 0.3) is 0 Å². The average Bonchev–Trinajstić information content (AvgIpc) is 2.34. The van der Waals surface area contributed by atoms with Crippen molar-refractivity contribution in [2.24, 2.45) is 11.6 Å². The van der Waals surface area contributed by atoms with Crippen LogP contribution in [-0.2, 0) is 4.79 Å². The van der Waals surface area contributed by atoms with E-state index in [0.29, 0.717) is 18.8 Å². The third-order valence-electron chi connectivity index (χ3n) is 1.93. The van der Waals surface area contributed by atoms with Gasteiger partial charge in [-0.25, -0.2) is 5.84 Å². The summed E-state index contributed by atoms with van der Waals surface area (Å²) in [6.45, 7) is 0.361. The number of hydrazine groups is 1. The lowest BCUT2D eigenvalue weighted by molar-refractivity contribution is -0.118. The van der Waals surface area contributed by atoms with Crippen LogP contribution >= 0.6 is 0 Å². The summed E-state index contributed by atoms with van der Waals surface area (Å²) in [5.41, 5.74) is 7.44. The Balaban J connectivity index is 2.38. The highest BCUT2D eigenvalue weighted by Crippen LogP contribution is 1.99. The Hall–Kier alpha value is -2.22. The zero-order valence-electron chi connectivity index (χ0n) is 9.14. The number of nitrogens with two attached hydrogens (primary N) is 2. The lowest BCUT2D eigenvalue weighted by atomic mass is 10.3. The number of nitrogen functional groups attached to an aromatic ring is 1. The molecule has 2 amide bonds. The summed E-state index contributed by atoms with van der Waals surface area (Å²) >= 11 is 0. The van der Waals surface area contributed by atoms with Crippen molar-refractivity contribution >= 4 is 17.6 Å². The standard InChI is InChI=1S/C9H14N6O2/c10-7(16)2-1-5-12-9(17)6-3-4-8(13-11)15-14-6/h3-4H,1-2,5,11H2,(H2,10,16)(H,12,17)(H,13,15). The molecule has 8 nitrogen and oxygen atoms in total. The smallest absolute Gasteiger partial charge is 0.271 e. The molecule has 0 spiro atoms. The maximum atomic E-state index is 11.5. The number of amides is 2. The normalized spacial score (nSPS) is 9.71. The Kier molecular flexibility index (Phi) is 4.82. The van der Waals surface area contributed by atoms with Crippen molar-refractivity contribution < 1.29 is 9.59 Å². The highest BCUT2D eigenvalue weighted by molar-refractivity contribution is 5.92. The van der Waals surface area contributed by atoms with Gasteiger partial charge in [-0.15, -0.1) is 10.2 Å². The van der Waals surface area contributed by atoms with Gasteiger partial charge < -0.3 is 16.5 Å². The van der Waals surface area contributed by atoms with Gasteiger partial charge >= 0.3 is 0 Å². The van der Waals surface area contributed by atoms with E-state index in [-0.39, 0.29) is 18.0 Å². The van der Waals surface area contributed by atoms with E-state index in [9.17, 15) is 9.59 Å². The van der Waals surface area contributed by atoms with Crippen molar-refractivity contribution in [1.82, 2.24) is 15.5 Å². The quantitative estimate of drug-likeness (QED) is 0.278. The van der Waals surface area contributed by atoms with Crippen LogP contribution < -0.4 is 22.3 Å². The Morgan fingerprint density at radius 2 is 2.06 bits per heavy atom. The van der Waals surface area contributed by atoms with E-state index < -0.39 is 5.91 Å². The Bertz CT molecular complexity index is 391. The highest BCUT2D eigenvalue weighted by atomic mass is 16.2. The Morgan fingerprint density at radius 1 is 1.29 bits per heavy atom. The molecular formula is C9H14N6O2. The molecule has 1 aromatic heterocycles. The molecule has 0 unspecified atom stereocenters. The Morgan fingerprint density at radius 3 is 2.59 bits per heavy atom. The van der Waals surface area contributed by atoms with Gasteiger partial charge in [0, 0.05) is 13.0 Å². The summed E-state index contributed by atoms with van der Waals surface area (Å²) in [6, 6.07) is 3.02.